The standard InChI is InChI=1S/C44H32N2/c1-3-11-32(12-4-1)18-20-34-22-24-36(25-23-34)31-40-38-15-7-8-16-39(38)42(43-44(40)46-30-10-9-17-41(46)45-43)37-28-26-35(27-29-37)21-19-33-13-5-2-6-14-33/h1-30H,31H2/b20-18+,21-19+. The predicted molar refractivity (Wildman–Crippen MR) is 196 cm³/mol. The molecule has 2 heterocycles. The minimum Gasteiger partial charge on any atom is -0.299 e. The zero-order valence-corrected chi connectivity index (χ0v) is 25.4. The quantitative estimate of drug-likeness (QED) is 0.169. The molecule has 2 nitrogen and oxygen atoms in total. The molecule has 0 aliphatic heterocycles. The lowest BCUT2D eigenvalue weighted by atomic mass is 9.90. The van der Waals surface area contributed by atoms with Gasteiger partial charge in [0.25, 0.3) is 0 Å². The van der Waals surface area contributed by atoms with Gasteiger partial charge < -0.3 is 0 Å². The van der Waals surface area contributed by atoms with E-state index in [4.69, 9.17) is 4.98 Å². The molecule has 0 saturated carbocycles. The summed E-state index contributed by atoms with van der Waals surface area (Å²) in [5.74, 6) is 0. The van der Waals surface area contributed by atoms with Gasteiger partial charge >= 0.3 is 0 Å². The normalized spacial score (nSPS) is 11.8. The fraction of sp³-hybridized carbons (Fsp3) is 0.0227. The van der Waals surface area contributed by atoms with Crippen LogP contribution < -0.4 is 0 Å². The van der Waals surface area contributed by atoms with Crippen molar-refractivity contribution in [1.82, 2.24) is 9.38 Å². The lowest BCUT2D eigenvalue weighted by Crippen LogP contribution is -1.97. The van der Waals surface area contributed by atoms with Crippen LogP contribution in [0.15, 0.2) is 158 Å². The molecule has 218 valence electrons. The second kappa shape index (κ2) is 12.2. The number of hydrogen-bond donors (Lipinski definition) is 0. The first kappa shape index (κ1) is 27.6. The monoisotopic (exact) mass is 588 g/mol. The second-order valence-corrected chi connectivity index (χ2v) is 11.7. The first-order valence-corrected chi connectivity index (χ1v) is 15.8. The molecule has 0 unspecified atom stereocenters. The first-order chi connectivity index (χ1) is 22.8. The number of imidazole rings is 1. The molecule has 0 aliphatic carbocycles. The number of nitrogens with zero attached hydrogens (tertiary/aromatic N) is 2. The van der Waals surface area contributed by atoms with Crippen LogP contribution in [0.25, 0.3) is 62.9 Å². The van der Waals surface area contributed by atoms with Crippen LogP contribution in [-0.2, 0) is 6.42 Å². The van der Waals surface area contributed by atoms with Crippen LogP contribution in [0.2, 0.25) is 0 Å². The van der Waals surface area contributed by atoms with Crippen molar-refractivity contribution in [2.45, 2.75) is 6.42 Å². The van der Waals surface area contributed by atoms with E-state index >= 15 is 0 Å². The Balaban J connectivity index is 1.22. The van der Waals surface area contributed by atoms with Crippen molar-refractivity contribution < 1.29 is 0 Å². The summed E-state index contributed by atoms with van der Waals surface area (Å²) in [6.45, 7) is 0. The van der Waals surface area contributed by atoms with Crippen molar-refractivity contribution in [2.24, 2.45) is 0 Å². The van der Waals surface area contributed by atoms with Crippen LogP contribution in [0, 0.1) is 0 Å². The van der Waals surface area contributed by atoms with Gasteiger partial charge in [0.15, 0.2) is 0 Å². The summed E-state index contributed by atoms with van der Waals surface area (Å²) in [6.07, 6.45) is 11.6. The van der Waals surface area contributed by atoms with Gasteiger partial charge in [0.05, 0.1) is 11.0 Å². The molecule has 0 bridgehead atoms. The number of rotatable bonds is 7. The maximum Gasteiger partial charge on any atom is 0.137 e. The zero-order valence-electron chi connectivity index (χ0n) is 25.4. The lowest BCUT2D eigenvalue weighted by molar-refractivity contribution is 1.17. The maximum absolute atomic E-state index is 5.25. The Labute approximate surface area is 269 Å². The molecule has 46 heavy (non-hydrogen) atoms. The fourth-order valence-corrected chi connectivity index (χ4v) is 6.37. The molecule has 6 aromatic carbocycles. The largest absolute Gasteiger partial charge is 0.299 e. The molecule has 0 spiro atoms. The van der Waals surface area contributed by atoms with Gasteiger partial charge in [-0.2, -0.15) is 0 Å². The van der Waals surface area contributed by atoms with Crippen LogP contribution in [-0.4, -0.2) is 9.38 Å². The average Bonchev–Trinajstić information content (AvgIpc) is 3.51. The van der Waals surface area contributed by atoms with Crippen molar-refractivity contribution in [3.63, 3.8) is 0 Å². The molecule has 0 atom stereocenters. The lowest BCUT2D eigenvalue weighted by Gasteiger charge is -2.15. The summed E-state index contributed by atoms with van der Waals surface area (Å²) >= 11 is 0. The Bertz CT molecular complexity index is 2340. The molecule has 8 aromatic rings. The minimum absolute atomic E-state index is 0.811. The number of fused-ring (bicyclic) bond motifs is 4. The van der Waals surface area contributed by atoms with Crippen molar-refractivity contribution in [3.05, 3.63) is 191 Å². The Morgan fingerprint density at radius 2 is 1.00 bits per heavy atom. The van der Waals surface area contributed by atoms with Gasteiger partial charge in [-0.1, -0.05) is 164 Å². The molecule has 0 radical (unpaired) electrons. The molecule has 0 aliphatic rings. The number of pyridine rings is 1. The summed E-state index contributed by atoms with van der Waals surface area (Å²) in [5, 5.41) is 2.49. The summed E-state index contributed by atoms with van der Waals surface area (Å²) in [6, 6.07) is 53.7. The highest BCUT2D eigenvalue weighted by atomic mass is 15.0. The van der Waals surface area contributed by atoms with Crippen molar-refractivity contribution >= 4 is 51.8 Å². The van der Waals surface area contributed by atoms with Gasteiger partial charge in [0.1, 0.15) is 5.65 Å². The Morgan fingerprint density at radius 3 is 1.63 bits per heavy atom. The van der Waals surface area contributed by atoms with E-state index in [1.54, 1.807) is 0 Å². The SMILES string of the molecule is C(=C\c1ccc(Cc2c3ccccc3c(-c3ccc(/C=C/c4ccccc4)cc3)c3nc4ccccn4c23)cc1)/c1ccccc1. The van der Waals surface area contributed by atoms with E-state index in [0.717, 1.165) is 17.6 Å². The minimum atomic E-state index is 0.811. The Kier molecular flexibility index (Phi) is 7.30. The molecular formula is C44H32N2. The molecule has 8 rings (SSSR count). The summed E-state index contributed by atoms with van der Waals surface area (Å²) in [4.78, 5) is 5.25. The molecule has 0 fully saturated rings. The molecule has 0 saturated heterocycles. The molecule has 2 aromatic heterocycles. The molecule has 2 heteroatoms. The van der Waals surface area contributed by atoms with Crippen molar-refractivity contribution in [1.29, 1.82) is 0 Å². The highest BCUT2D eigenvalue weighted by Gasteiger charge is 2.20. The van der Waals surface area contributed by atoms with E-state index in [-0.39, 0.29) is 0 Å². The third-order valence-electron chi connectivity index (χ3n) is 8.67. The third kappa shape index (κ3) is 5.42. The van der Waals surface area contributed by atoms with E-state index in [2.05, 4.69) is 174 Å². The van der Waals surface area contributed by atoms with Crippen molar-refractivity contribution in [2.75, 3.05) is 0 Å². The number of hydrogen-bond acceptors (Lipinski definition) is 1. The van der Waals surface area contributed by atoms with Crippen LogP contribution in [0.3, 0.4) is 0 Å². The number of benzene rings is 6. The zero-order chi connectivity index (χ0) is 30.7. The van der Waals surface area contributed by atoms with Gasteiger partial charge in [-0.3, -0.25) is 4.40 Å². The highest BCUT2D eigenvalue weighted by Crippen LogP contribution is 2.40. The Morgan fingerprint density at radius 1 is 0.478 bits per heavy atom. The predicted octanol–water partition coefficient (Wildman–Crippen LogP) is 11.2. The number of aromatic nitrogens is 2. The summed E-state index contributed by atoms with van der Waals surface area (Å²) < 4.78 is 2.26. The molecule has 0 amide bonds. The van der Waals surface area contributed by atoms with Gasteiger partial charge in [-0.15, -0.1) is 0 Å². The van der Waals surface area contributed by atoms with E-state index in [1.165, 1.54) is 60.8 Å². The van der Waals surface area contributed by atoms with Crippen LogP contribution in [0.1, 0.15) is 33.4 Å². The average molecular weight is 589 g/mol. The molecule has 0 N–H and O–H groups in total. The van der Waals surface area contributed by atoms with Crippen LogP contribution >= 0.6 is 0 Å². The van der Waals surface area contributed by atoms with Crippen molar-refractivity contribution in [3.8, 4) is 11.1 Å². The van der Waals surface area contributed by atoms with E-state index < -0.39 is 0 Å². The van der Waals surface area contributed by atoms with Gasteiger partial charge in [0, 0.05) is 18.2 Å². The van der Waals surface area contributed by atoms with E-state index in [9.17, 15) is 0 Å². The van der Waals surface area contributed by atoms with Gasteiger partial charge in [0.2, 0.25) is 0 Å². The second-order valence-electron chi connectivity index (χ2n) is 11.7. The van der Waals surface area contributed by atoms with Crippen LogP contribution in [0.4, 0.5) is 0 Å². The smallest absolute Gasteiger partial charge is 0.137 e. The van der Waals surface area contributed by atoms with Gasteiger partial charge in [-0.05, 0) is 61.8 Å². The van der Waals surface area contributed by atoms with Gasteiger partial charge in [-0.25, -0.2) is 4.98 Å². The third-order valence-corrected chi connectivity index (χ3v) is 8.67. The molecular weight excluding hydrogens is 556 g/mol. The summed E-state index contributed by atoms with van der Waals surface area (Å²) in [5.41, 5.74) is 12.8. The Hall–Kier alpha value is -5.99. The van der Waals surface area contributed by atoms with E-state index in [0.29, 0.717) is 0 Å². The maximum atomic E-state index is 5.25. The fourth-order valence-electron chi connectivity index (χ4n) is 6.37. The summed E-state index contributed by atoms with van der Waals surface area (Å²) in [7, 11) is 0. The first-order valence-electron chi connectivity index (χ1n) is 15.8. The van der Waals surface area contributed by atoms with Crippen LogP contribution in [0.5, 0.6) is 0 Å². The highest BCUT2D eigenvalue weighted by molar-refractivity contribution is 6.14. The van der Waals surface area contributed by atoms with E-state index in [1.807, 2.05) is 12.1 Å². The topological polar surface area (TPSA) is 17.3 Å².